The highest BCUT2D eigenvalue weighted by molar-refractivity contribution is 5.71. The summed E-state index contributed by atoms with van der Waals surface area (Å²) in [5, 5.41) is 0. The Morgan fingerprint density at radius 2 is 0.481 bits per heavy atom. The summed E-state index contributed by atoms with van der Waals surface area (Å²) in [5.41, 5.74) is 0. The third kappa shape index (κ3) is 67.0. The summed E-state index contributed by atoms with van der Waals surface area (Å²) in [6.07, 6.45) is 93.0. The van der Waals surface area contributed by atoms with Crippen LogP contribution in [0.3, 0.4) is 0 Å². The summed E-state index contributed by atoms with van der Waals surface area (Å²) in [4.78, 5) is 38.2. The summed E-state index contributed by atoms with van der Waals surface area (Å²) < 4.78 is 16.9. The first-order valence-electron chi connectivity index (χ1n) is 34.7. The molecule has 0 saturated carbocycles. The van der Waals surface area contributed by atoms with Crippen molar-refractivity contribution >= 4 is 17.9 Å². The number of unbranched alkanes of at least 4 members (excludes halogenated alkanes) is 36. The number of carbonyl (C=O) groups is 3. The Morgan fingerprint density at radius 1 is 0.259 bits per heavy atom. The van der Waals surface area contributed by atoms with Crippen molar-refractivity contribution in [1.82, 2.24) is 0 Å². The van der Waals surface area contributed by atoms with Gasteiger partial charge in [0, 0.05) is 19.3 Å². The predicted octanol–water partition coefficient (Wildman–Crippen LogP) is 24.0. The van der Waals surface area contributed by atoms with Crippen LogP contribution in [0.2, 0.25) is 0 Å². The van der Waals surface area contributed by atoms with Gasteiger partial charge in [-0.15, -0.1) is 0 Å². The van der Waals surface area contributed by atoms with Crippen LogP contribution in [0.25, 0.3) is 0 Å². The fraction of sp³-hybridized carbons (Fsp3) is 0.747. The normalized spacial score (nSPS) is 12.7. The molecule has 1 unspecified atom stereocenters. The van der Waals surface area contributed by atoms with E-state index in [0.29, 0.717) is 19.3 Å². The molecule has 6 heteroatoms. The van der Waals surface area contributed by atoms with Gasteiger partial charge in [-0.05, 0) is 103 Å². The Bertz CT molecular complexity index is 1580. The molecular weight excluding hydrogens is 997 g/mol. The second-order valence-corrected chi connectivity index (χ2v) is 23.1. The lowest BCUT2D eigenvalue weighted by Crippen LogP contribution is -2.30. The number of esters is 3. The molecule has 0 aliphatic carbocycles. The third-order valence-electron chi connectivity index (χ3n) is 15.1. The van der Waals surface area contributed by atoms with Crippen LogP contribution in [0.1, 0.15) is 342 Å². The average molecular weight is 1130 g/mol. The number of allylic oxidation sites excluding steroid dienone is 16. The van der Waals surface area contributed by atoms with Crippen LogP contribution in [-0.2, 0) is 28.6 Å². The number of hydrogen-bond acceptors (Lipinski definition) is 6. The van der Waals surface area contributed by atoms with E-state index in [0.717, 1.165) is 103 Å². The van der Waals surface area contributed by atoms with E-state index in [9.17, 15) is 14.4 Å². The van der Waals surface area contributed by atoms with Gasteiger partial charge in [-0.25, -0.2) is 0 Å². The van der Waals surface area contributed by atoms with E-state index < -0.39 is 6.10 Å². The summed E-state index contributed by atoms with van der Waals surface area (Å²) in [5.74, 6) is -0.866. The van der Waals surface area contributed by atoms with Gasteiger partial charge < -0.3 is 14.2 Å². The molecule has 0 aromatic rings. The molecule has 81 heavy (non-hydrogen) atoms. The maximum Gasteiger partial charge on any atom is 0.306 e. The molecule has 0 aliphatic heterocycles. The quantitative estimate of drug-likeness (QED) is 0.0261. The Labute approximate surface area is 502 Å². The first-order chi connectivity index (χ1) is 40.0. The van der Waals surface area contributed by atoms with E-state index in [1.54, 1.807) is 0 Å². The zero-order valence-corrected chi connectivity index (χ0v) is 53.5. The molecule has 1 atom stereocenters. The Morgan fingerprint density at radius 3 is 0.778 bits per heavy atom. The van der Waals surface area contributed by atoms with Crippen molar-refractivity contribution < 1.29 is 28.6 Å². The number of rotatable bonds is 63. The first kappa shape index (κ1) is 77.3. The SMILES string of the molecule is CC/C=C\C/C=C\C/C=C\C/C=C\C/C=C\C/C=C\CCCCCCCCCCCCCCCCCCC(=O)OCC(COC(=O)CCCCCCCCCCC)OC(=O)CCCCCCCCCCC/C=C\C/C=C\CCCCC. The van der Waals surface area contributed by atoms with E-state index in [4.69, 9.17) is 14.2 Å². The molecule has 0 aromatic carbocycles. The van der Waals surface area contributed by atoms with Crippen molar-refractivity contribution in [1.29, 1.82) is 0 Å². The predicted molar refractivity (Wildman–Crippen MR) is 353 cm³/mol. The van der Waals surface area contributed by atoms with Gasteiger partial charge >= 0.3 is 17.9 Å². The monoisotopic (exact) mass is 1130 g/mol. The van der Waals surface area contributed by atoms with Crippen molar-refractivity contribution in [3.8, 4) is 0 Å². The van der Waals surface area contributed by atoms with Crippen LogP contribution in [0.5, 0.6) is 0 Å². The van der Waals surface area contributed by atoms with Crippen LogP contribution >= 0.6 is 0 Å². The van der Waals surface area contributed by atoms with Gasteiger partial charge in [0.15, 0.2) is 6.10 Å². The molecule has 0 fully saturated rings. The summed E-state index contributed by atoms with van der Waals surface area (Å²) in [6.45, 7) is 6.51. The molecule has 466 valence electrons. The van der Waals surface area contributed by atoms with Crippen molar-refractivity contribution in [2.75, 3.05) is 13.2 Å². The van der Waals surface area contributed by atoms with E-state index in [2.05, 4.69) is 118 Å². The molecule has 0 bridgehead atoms. The molecule has 0 radical (unpaired) electrons. The zero-order chi connectivity index (χ0) is 58.5. The van der Waals surface area contributed by atoms with Gasteiger partial charge in [0.2, 0.25) is 0 Å². The molecule has 0 aliphatic rings. The summed E-state index contributed by atoms with van der Waals surface area (Å²) in [6, 6.07) is 0. The first-order valence-corrected chi connectivity index (χ1v) is 34.7. The van der Waals surface area contributed by atoms with E-state index in [1.807, 2.05) is 0 Å². The third-order valence-corrected chi connectivity index (χ3v) is 15.1. The van der Waals surface area contributed by atoms with Crippen LogP contribution in [0.4, 0.5) is 0 Å². The maximum atomic E-state index is 12.9. The van der Waals surface area contributed by atoms with Crippen LogP contribution < -0.4 is 0 Å². The Balaban J connectivity index is 4.08. The van der Waals surface area contributed by atoms with Gasteiger partial charge in [0.1, 0.15) is 13.2 Å². The van der Waals surface area contributed by atoms with Crippen LogP contribution in [0, 0.1) is 0 Å². The van der Waals surface area contributed by atoms with Crippen molar-refractivity contribution in [3.05, 3.63) is 97.2 Å². The number of ether oxygens (including phenoxy) is 3. The largest absolute Gasteiger partial charge is 0.462 e. The Kier molecular flexibility index (Phi) is 65.7. The molecule has 0 aromatic heterocycles. The van der Waals surface area contributed by atoms with E-state index in [1.165, 1.54) is 199 Å². The van der Waals surface area contributed by atoms with E-state index >= 15 is 0 Å². The standard InChI is InChI=1S/C75H130O6/c1-4-7-10-13-16-19-21-23-25-27-29-30-31-32-33-34-35-36-37-38-39-40-41-42-43-44-46-47-49-51-53-56-59-62-65-68-74(77)80-71-72(70-79-73(76)67-64-61-58-55-18-15-12-9-6-3)81-75(78)69-66-63-60-57-54-52-50-48-45-28-26-24-22-20-17-14-11-8-5-2/h7,10,16-17,19-20,23-26,29-30,32-33,35-36,72H,4-6,8-9,11-15,18,21-22,27-28,31,34,37-71H2,1-3H3/b10-7-,19-16-,20-17-,25-23-,26-24-,30-29-,33-32-,36-35-. The lowest BCUT2D eigenvalue weighted by Gasteiger charge is -2.18. The fourth-order valence-corrected chi connectivity index (χ4v) is 9.89. The van der Waals surface area contributed by atoms with Crippen molar-refractivity contribution in [2.45, 2.75) is 348 Å². The van der Waals surface area contributed by atoms with Crippen LogP contribution in [0.15, 0.2) is 97.2 Å². The highest BCUT2D eigenvalue weighted by atomic mass is 16.6. The summed E-state index contributed by atoms with van der Waals surface area (Å²) >= 11 is 0. The van der Waals surface area contributed by atoms with Gasteiger partial charge in [0.05, 0.1) is 0 Å². The lowest BCUT2D eigenvalue weighted by molar-refractivity contribution is -0.167. The Hall–Kier alpha value is -3.67. The molecule has 0 saturated heterocycles. The minimum absolute atomic E-state index is 0.0740. The number of carbonyl (C=O) groups excluding carboxylic acids is 3. The summed E-state index contributed by atoms with van der Waals surface area (Å²) in [7, 11) is 0. The molecule has 0 N–H and O–H groups in total. The highest BCUT2D eigenvalue weighted by Gasteiger charge is 2.19. The average Bonchev–Trinajstić information content (AvgIpc) is 3.47. The van der Waals surface area contributed by atoms with Crippen molar-refractivity contribution in [3.63, 3.8) is 0 Å². The molecule has 0 heterocycles. The molecule has 0 rings (SSSR count). The minimum atomic E-state index is -0.776. The van der Waals surface area contributed by atoms with Crippen molar-refractivity contribution in [2.24, 2.45) is 0 Å². The van der Waals surface area contributed by atoms with Gasteiger partial charge in [-0.1, -0.05) is 317 Å². The highest BCUT2D eigenvalue weighted by Crippen LogP contribution is 2.17. The lowest BCUT2D eigenvalue weighted by atomic mass is 10.0. The second-order valence-electron chi connectivity index (χ2n) is 23.1. The topological polar surface area (TPSA) is 78.9 Å². The minimum Gasteiger partial charge on any atom is -0.462 e. The van der Waals surface area contributed by atoms with Gasteiger partial charge in [-0.3, -0.25) is 14.4 Å². The molecular formula is C75H130O6. The number of hydrogen-bond donors (Lipinski definition) is 0. The molecule has 6 nitrogen and oxygen atoms in total. The second kappa shape index (κ2) is 68.8. The van der Waals surface area contributed by atoms with Gasteiger partial charge in [0.25, 0.3) is 0 Å². The van der Waals surface area contributed by atoms with Crippen LogP contribution in [-0.4, -0.2) is 37.2 Å². The fourth-order valence-electron chi connectivity index (χ4n) is 9.89. The molecule has 0 amide bonds. The molecule has 0 spiro atoms. The zero-order valence-electron chi connectivity index (χ0n) is 53.5. The maximum absolute atomic E-state index is 12.9. The van der Waals surface area contributed by atoms with E-state index in [-0.39, 0.29) is 31.1 Å². The smallest absolute Gasteiger partial charge is 0.306 e. The van der Waals surface area contributed by atoms with Gasteiger partial charge in [-0.2, -0.15) is 0 Å².